The quantitative estimate of drug-likeness (QED) is 0.240. The molecule has 2 aromatic carbocycles. The highest BCUT2D eigenvalue weighted by Gasteiger charge is 2.36. The number of hydrazine groups is 1. The van der Waals surface area contributed by atoms with Gasteiger partial charge in [0.2, 0.25) is 5.91 Å². The van der Waals surface area contributed by atoms with Gasteiger partial charge in [-0.1, -0.05) is 12.1 Å². The van der Waals surface area contributed by atoms with E-state index >= 15 is 4.39 Å². The first-order valence-corrected chi connectivity index (χ1v) is 12.9. The zero-order valence-corrected chi connectivity index (χ0v) is 22.4. The highest BCUT2D eigenvalue weighted by Crippen LogP contribution is 2.33. The van der Waals surface area contributed by atoms with Crippen LogP contribution in [0.15, 0.2) is 55.0 Å². The zero-order valence-electron chi connectivity index (χ0n) is 22.4. The van der Waals surface area contributed by atoms with Gasteiger partial charge in [-0.3, -0.25) is 19.3 Å². The highest BCUT2D eigenvalue weighted by atomic mass is 19.4. The topological polar surface area (TPSA) is 115 Å². The van der Waals surface area contributed by atoms with Crippen LogP contribution in [-0.4, -0.2) is 53.4 Å². The number of benzene rings is 2. The second kappa shape index (κ2) is 9.82. The van der Waals surface area contributed by atoms with Crippen molar-refractivity contribution >= 4 is 39.4 Å². The standard InChI is InChI=1S/C28H24F4N8O2/c1-37-24-20-9-17(7-8-23(20)36-25(33)21(24)12-34-37)27(42)39(38(2)26(41)15-3-4-15)13-18-6-5-16(10-22(18)29)19-11-35-40(14-19)28(30,31)32/h5-12,14-15H,3-4,13H2,1-2H3,(H2,33,36). The van der Waals surface area contributed by atoms with E-state index in [1.807, 2.05) is 0 Å². The van der Waals surface area contributed by atoms with Gasteiger partial charge in [-0.2, -0.15) is 14.9 Å². The number of carbonyl (C=O) groups excluding carboxylic acids is 2. The van der Waals surface area contributed by atoms with Crippen LogP contribution in [0.25, 0.3) is 32.9 Å². The lowest BCUT2D eigenvalue weighted by atomic mass is 10.1. The van der Waals surface area contributed by atoms with Gasteiger partial charge in [0.15, 0.2) is 0 Å². The van der Waals surface area contributed by atoms with E-state index in [1.54, 1.807) is 36.1 Å². The molecule has 0 spiro atoms. The van der Waals surface area contributed by atoms with Crippen LogP contribution in [0.1, 0.15) is 28.8 Å². The van der Waals surface area contributed by atoms with E-state index in [1.165, 1.54) is 24.2 Å². The van der Waals surface area contributed by atoms with Crippen molar-refractivity contribution < 1.29 is 27.2 Å². The fourth-order valence-corrected chi connectivity index (χ4v) is 4.89. The van der Waals surface area contributed by atoms with Crippen molar-refractivity contribution in [2.45, 2.75) is 25.7 Å². The van der Waals surface area contributed by atoms with Gasteiger partial charge in [0.25, 0.3) is 5.91 Å². The molecule has 2 N–H and O–H groups in total. The molecule has 1 fully saturated rings. The van der Waals surface area contributed by atoms with Gasteiger partial charge in [0, 0.05) is 48.3 Å². The Kier molecular flexibility index (Phi) is 6.35. The third-order valence-electron chi connectivity index (χ3n) is 7.35. The Hall–Kier alpha value is -5.01. The van der Waals surface area contributed by atoms with Crippen LogP contribution < -0.4 is 5.73 Å². The van der Waals surface area contributed by atoms with Crippen molar-refractivity contribution in [1.29, 1.82) is 0 Å². The Labute approximate surface area is 235 Å². The lowest BCUT2D eigenvalue weighted by Crippen LogP contribution is -2.47. The van der Waals surface area contributed by atoms with Gasteiger partial charge in [-0.25, -0.2) is 14.4 Å². The molecule has 5 aromatic rings. The van der Waals surface area contributed by atoms with Crippen molar-refractivity contribution in [3.05, 3.63) is 71.9 Å². The summed E-state index contributed by atoms with van der Waals surface area (Å²) in [5, 5.41) is 11.1. The predicted octanol–water partition coefficient (Wildman–Crippen LogP) is 4.61. The van der Waals surface area contributed by atoms with Crippen LogP contribution in [0.4, 0.5) is 23.4 Å². The van der Waals surface area contributed by atoms with Gasteiger partial charge in [-0.05, 0) is 42.7 Å². The second-order valence-electron chi connectivity index (χ2n) is 10.2. The van der Waals surface area contributed by atoms with Crippen molar-refractivity contribution in [2.24, 2.45) is 13.0 Å². The van der Waals surface area contributed by atoms with E-state index in [0.29, 0.717) is 40.5 Å². The van der Waals surface area contributed by atoms with Gasteiger partial charge >= 0.3 is 6.30 Å². The number of hydrogen-bond acceptors (Lipinski definition) is 6. The molecule has 2 amide bonds. The molecule has 3 heterocycles. The fourth-order valence-electron chi connectivity index (χ4n) is 4.89. The number of pyridine rings is 1. The minimum Gasteiger partial charge on any atom is -0.383 e. The number of nitrogens with zero attached hydrogens (tertiary/aromatic N) is 7. The van der Waals surface area contributed by atoms with E-state index in [-0.39, 0.29) is 45.3 Å². The number of halogens is 4. The first kappa shape index (κ1) is 27.2. The van der Waals surface area contributed by atoms with E-state index in [9.17, 15) is 22.8 Å². The number of carbonyl (C=O) groups is 2. The van der Waals surface area contributed by atoms with Crippen LogP contribution in [-0.2, 0) is 24.7 Å². The molecular weight excluding hydrogens is 556 g/mol. The number of rotatable bonds is 5. The normalized spacial score (nSPS) is 13.6. The minimum atomic E-state index is -4.70. The SMILES string of the molecule is CN(C(=O)C1CC1)N(Cc1ccc(-c2cnn(C(F)(F)F)c2)cc1F)C(=O)c1ccc2nc(N)c3cnn(C)c3c2c1. The molecular formula is C28H24F4N8O2. The molecule has 0 atom stereocenters. The number of hydrogen-bond donors (Lipinski definition) is 1. The van der Waals surface area contributed by atoms with E-state index in [2.05, 4.69) is 15.2 Å². The number of nitrogens with two attached hydrogens (primary N) is 1. The Balaban J connectivity index is 1.36. The average Bonchev–Trinajstić information content (AvgIpc) is 3.53. The lowest BCUT2D eigenvalue weighted by molar-refractivity contribution is -0.212. The largest absolute Gasteiger partial charge is 0.504 e. The molecule has 3 aromatic heterocycles. The average molecular weight is 581 g/mol. The molecule has 0 saturated heterocycles. The van der Waals surface area contributed by atoms with Crippen molar-refractivity contribution in [1.82, 2.24) is 34.6 Å². The maximum absolute atomic E-state index is 15.3. The maximum atomic E-state index is 15.3. The summed E-state index contributed by atoms with van der Waals surface area (Å²) in [4.78, 5) is 31.3. The second-order valence-corrected chi connectivity index (χ2v) is 10.2. The van der Waals surface area contributed by atoms with E-state index in [0.717, 1.165) is 23.5 Å². The minimum absolute atomic E-state index is 0.0648. The molecule has 1 aliphatic carbocycles. The molecule has 0 bridgehead atoms. The summed E-state index contributed by atoms with van der Waals surface area (Å²) in [6.45, 7) is -0.305. The summed E-state index contributed by atoms with van der Waals surface area (Å²) in [5.41, 5.74) is 7.84. The smallest absolute Gasteiger partial charge is 0.383 e. The first-order chi connectivity index (χ1) is 19.9. The number of aromatic nitrogens is 5. The summed E-state index contributed by atoms with van der Waals surface area (Å²) in [6, 6.07) is 8.71. The summed E-state index contributed by atoms with van der Waals surface area (Å²) in [6.07, 6.45) is 0.0165. The van der Waals surface area contributed by atoms with E-state index < -0.39 is 18.0 Å². The Morgan fingerprint density at radius 1 is 1.05 bits per heavy atom. The predicted molar refractivity (Wildman–Crippen MR) is 145 cm³/mol. The number of anilines is 1. The van der Waals surface area contributed by atoms with Crippen molar-refractivity contribution in [3.63, 3.8) is 0 Å². The number of nitrogen functional groups attached to an aromatic ring is 1. The zero-order chi connectivity index (χ0) is 29.9. The molecule has 0 aliphatic heterocycles. The number of aryl methyl sites for hydroxylation is 1. The third-order valence-corrected chi connectivity index (χ3v) is 7.35. The number of alkyl halides is 3. The van der Waals surface area contributed by atoms with Crippen molar-refractivity contribution in [2.75, 3.05) is 12.8 Å². The number of fused-ring (bicyclic) bond motifs is 3. The van der Waals surface area contributed by atoms with Crippen LogP contribution in [0.5, 0.6) is 0 Å². The van der Waals surface area contributed by atoms with Crippen LogP contribution in [0.3, 0.4) is 0 Å². The summed E-state index contributed by atoms with van der Waals surface area (Å²) >= 11 is 0. The molecule has 216 valence electrons. The molecule has 1 saturated carbocycles. The Bertz CT molecular complexity index is 1880. The maximum Gasteiger partial charge on any atom is 0.504 e. The molecule has 14 heteroatoms. The molecule has 0 radical (unpaired) electrons. The highest BCUT2D eigenvalue weighted by molar-refractivity contribution is 6.10. The van der Waals surface area contributed by atoms with Gasteiger partial charge in [0.1, 0.15) is 11.6 Å². The van der Waals surface area contributed by atoms with Gasteiger partial charge < -0.3 is 5.73 Å². The lowest BCUT2D eigenvalue weighted by Gasteiger charge is -2.32. The van der Waals surface area contributed by atoms with Gasteiger partial charge in [0.05, 0.1) is 35.4 Å². The molecule has 42 heavy (non-hydrogen) atoms. The Morgan fingerprint density at radius 2 is 1.81 bits per heavy atom. The number of amides is 2. The summed E-state index contributed by atoms with van der Waals surface area (Å²) in [5.74, 6) is -1.52. The fraction of sp³-hybridized carbons (Fsp3) is 0.250. The summed E-state index contributed by atoms with van der Waals surface area (Å²) < 4.78 is 55.7. The monoisotopic (exact) mass is 580 g/mol. The van der Waals surface area contributed by atoms with Gasteiger partial charge in [-0.15, -0.1) is 13.2 Å². The summed E-state index contributed by atoms with van der Waals surface area (Å²) in [7, 11) is 3.20. The first-order valence-electron chi connectivity index (χ1n) is 12.9. The third kappa shape index (κ3) is 4.78. The molecule has 10 nitrogen and oxygen atoms in total. The van der Waals surface area contributed by atoms with E-state index in [4.69, 9.17) is 5.73 Å². The van der Waals surface area contributed by atoms with Crippen LogP contribution >= 0.6 is 0 Å². The molecule has 6 rings (SSSR count). The van der Waals surface area contributed by atoms with Crippen LogP contribution in [0.2, 0.25) is 0 Å². The Morgan fingerprint density at radius 3 is 2.48 bits per heavy atom. The van der Waals surface area contributed by atoms with Crippen molar-refractivity contribution in [3.8, 4) is 11.1 Å². The molecule has 1 aliphatic rings. The van der Waals surface area contributed by atoms with Crippen LogP contribution in [0, 0.1) is 11.7 Å². The molecule has 0 unspecified atom stereocenters.